The molecule has 0 unspecified atom stereocenters. The molecule has 1 aromatic rings. The van der Waals surface area contributed by atoms with Gasteiger partial charge in [-0.05, 0) is 38.1 Å². The molecule has 2 aliphatic rings. The Morgan fingerprint density at radius 2 is 1.74 bits per heavy atom. The van der Waals surface area contributed by atoms with Crippen molar-refractivity contribution in [3.63, 3.8) is 0 Å². The van der Waals surface area contributed by atoms with Gasteiger partial charge in [-0.3, -0.25) is 4.79 Å². The van der Waals surface area contributed by atoms with Gasteiger partial charge in [-0.15, -0.1) is 0 Å². The molecule has 1 aromatic carbocycles. The molecule has 0 atom stereocenters. The van der Waals surface area contributed by atoms with E-state index < -0.39 is 10.0 Å². The molecular weight excluding hydrogens is 388 g/mol. The Bertz CT molecular complexity index is 786. The van der Waals surface area contributed by atoms with Crippen LogP contribution in [0.4, 0.5) is 11.4 Å². The zero-order chi connectivity index (χ0) is 19.6. The van der Waals surface area contributed by atoms with Crippen LogP contribution in [0.25, 0.3) is 0 Å². The molecule has 1 amide bonds. The first-order chi connectivity index (χ1) is 12.7. The minimum absolute atomic E-state index is 0.0687. The zero-order valence-corrected chi connectivity index (χ0v) is 17.4. The summed E-state index contributed by atoms with van der Waals surface area (Å²) in [6.07, 6.45) is 2.27. The van der Waals surface area contributed by atoms with Gasteiger partial charge in [0.25, 0.3) is 0 Å². The van der Waals surface area contributed by atoms with Crippen LogP contribution in [0, 0.1) is 5.92 Å². The molecule has 0 spiro atoms. The van der Waals surface area contributed by atoms with Crippen molar-refractivity contribution in [3.05, 3.63) is 23.2 Å². The van der Waals surface area contributed by atoms with Crippen molar-refractivity contribution in [1.29, 1.82) is 0 Å². The van der Waals surface area contributed by atoms with E-state index in [1.807, 2.05) is 12.1 Å². The van der Waals surface area contributed by atoms with Gasteiger partial charge in [-0.25, -0.2) is 12.7 Å². The van der Waals surface area contributed by atoms with Crippen LogP contribution < -0.4 is 10.2 Å². The number of anilines is 2. The van der Waals surface area contributed by atoms with Gasteiger partial charge in [0, 0.05) is 50.2 Å². The minimum Gasteiger partial charge on any atom is -0.367 e. The third-order valence-corrected chi connectivity index (χ3v) is 6.89. The van der Waals surface area contributed by atoms with Gasteiger partial charge in [-0.2, -0.15) is 0 Å². The summed E-state index contributed by atoms with van der Waals surface area (Å²) in [5, 5.41) is 3.62. The number of amides is 1. The second-order valence-corrected chi connectivity index (χ2v) is 9.80. The van der Waals surface area contributed by atoms with Crippen LogP contribution in [0.15, 0.2) is 18.2 Å². The summed E-state index contributed by atoms with van der Waals surface area (Å²) < 4.78 is 24.7. The molecule has 1 N–H and O–H groups in total. The SMILES string of the molecule is CN1CCN(c2ccc(Cl)cc2NC(=O)C2CCN(S(C)(=O)=O)CC2)CC1. The molecule has 2 heterocycles. The maximum atomic E-state index is 12.8. The highest BCUT2D eigenvalue weighted by Gasteiger charge is 2.29. The van der Waals surface area contributed by atoms with Gasteiger partial charge >= 0.3 is 0 Å². The predicted molar refractivity (Wildman–Crippen MR) is 109 cm³/mol. The molecular formula is C18H27ClN4O3S. The summed E-state index contributed by atoms with van der Waals surface area (Å²) in [6, 6.07) is 5.59. The number of sulfonamides is 1. The number of piperazine rings is 1. The van der Waals surface area contributed by atoms with E-state index in [9.17, 15) is 13.2 Å². The van der Waals surface area contributed by atoms with E-state index in [2.05, 4.69) is 22.2 Å². The van der Waals surface area contributed by atoms with Crippen LogP contribution in [-0.4, -0.2) is 76.1 Å². The van der Waals surface area contributed by atoms with Gasteiger partial charge in [-0.1, -0.05) is 11.6 Å². The topological polar surface area (TPSA) is 73.0 Å². The number of carbonyl (C=O) groups excluding carboxylic acids is 1. The molecule has 0 saturated carbocycles. The number of carbonyl (C=O) groups is 1. The molecule has 0 aromatic heterocycles. The smallest absolute Gasteiger partial charge is 0.227 e. The Morgan fingerprint density at radius 3 is 2.33 bits per heavy atom. The lowest BCUT2D eigenvalue weighted by molar-refractivity contribution is -0.120. The highest BCUT2D eigenvalue weighted by molar-refractivity contribution is 7.88. The number of nitrogens with zero attached hydrogens (tertiary/aromatic N) is 3. The summed E-state index contributed by atoms with van der Waals surface area (Å²) in [6.45, 7) is 4.51. The summed E-state index contributed by atoms with van der Waals surface area (Å²) >= 11 is 6.17. The lowest BCUT2D eigenvalue weighted by atomic mass is 9.97. The summed E-state index contributed by atoms with van der Waals surface area (Å²) in [5.41, 5.74) is 1.71. The van der Waals surface area contributed by atoms with E-state index in [0.717, 1.165) is 37.6 Å². The van der Waals surface area contributed by atoms with E-state index in [4.69, 9.17) is 11.6 Å². The number of piperidine rings is 1. The van der Waals surface area contributed by atoms with Crippen LogP contribution in [0.2, 0.25) is 5.02 Å². The van der Waals surface area contributed by atoms with Gasteiger partial charge in [0.15, 0.2) is 0 Å². The number of hydrogen-bond acceptors (Lipinski definition) is 5. The number of hydrogen-bond donors (Lipinski definition) is 1. The van der Waals surface area contributed by atoms with E-state index >= 15 is 0 Å². The molecule has 0 aliphatic carbocycles. The first-order valence-electron chi connectivity index (χ1n) is 9.23. The second-order valence-electron chi connectivity index (χ2n) is 7.38. The number of rotatable bonds is 4. The second kappa shape index (κ2) is 8.34. The predicted octanol–water partition coefficient (Wildman–Crippen LogP) is 1.70. The van der Waals surface area contributed by atoms with Crippen LogP contribution in [0.5, 0.6) is 0 Å². The van der Waals surface area contributed by atoms with Crippen molar-refractivity contribution in [1.82, 2.24) is 9.21 Å². The zero-order valence-electron chi connectivity index (χ0n) is 15.8. The van der Waals surface area contributed by atoms with Crippen molar-refractivity contribution in [2.45, 2.75) is 12.8 Å². The Balaban J connectivity index is 1.68. The molecule has 150 valence electrons. The van der Waals surface area contributed by atoms with E-state index in [-0.39, 0.29) is 11.8 Å². The summed E-state index contributed by atoms with van der Waals surface area (Å²) in [5.74, 6) is -0.261. The fourth-order valence-electron chi connectivity index (χ4n) is 3.62. The number of halogens is 1. The van der Waals surface area contributed by atoms with Gasteiger partial charge in [0.05, 0.1) is 17.6 Å². The van der Waals surface area contributed by atoms with Gasteiger partial charge in [0.2, 0.25) is 15.9 Å². The Kier molecular flexibility index (Phi) is 6.30. The fourth-order valence-corrected chi connectivity index (χ4v) is 4.66. The van der Waals surface area contributed by atoms with E-state index in [1.54, 1.807) is 6.07 Å². The highest BCUT2D eigenvalue weighted by Crippen LogP contribution is 2.31. The molecule has 0 radical (unpaired) electrons. The molecule has 2 fully saturated rings. The lowest BCUT2D eigenvalue weighted by Gasteiger charge is -2.35. The largest absolute Gasteiger partial charge is 0.367 e. The molecule has 2 aliphatic heterocycles. The standard InChI is InChI=1S/C18H27ClN4O3S/c1-21-9-11-22(12-10-21)17-4-3-15(19)13-16(17)20-18(24)14-5-7-23(8-6-14)27(2,25)26/h3-4,13-14H,5-12H2,1-2H3,(H,20,24). The average Bonchev–Trinajstić information content (AvgIpc) is 2.62. The van der Waals surface area contributed by atoms with Gasteiger partial charge in [0.1, 0.15) is 0 Å². The first kappa shape index (κ1) is 20.4. The normalized spacial score (nSPS) is 20.6. The summed E-state index contributed by atoms with van der Waals surface area (Å²) in [4.78, 5) is 17.3. The Labute approximate surface area is 166 Å². The molecule has 27 heavy (non-hydrogen) atoms. The highest BCUT2D eigenvalue weighted by atomic mass is 35.5. The average molecular weight is 415 g/mol. The van der Waals surface area contributed by atoms with Crippen molar-refractivity contribution in [3.8, 4) is 0 Å². The quantitative estimate of drug-likeness (QED) is 0.811. The van der Waals surface area contributed by atoms with Crippen molar-refractivity contribution >= 4 is 38.9 Å². The van der Waals surface area contributed by atoms with Crippen molar-refractivity contribution in [2.24, 2.45) is 5.92 Å². The van der Waals surface area contributed by atoms with Crippen LogP contribution in [0.3, 0.4) is 0 Å². The van der Waals surface area contributed by atoms with E-state index in [0.29, 0.717) is 31.0 Å². The van der Waals surface area contributed by atoms with Crippen molar-refractivity contribution < 1.29 is 13.2 Å². The maximum Gasteiger partial charge on any atom is 0.227 e. The molecule has 0 bridgehead atoms. The Hall–Kier alpha value is -1.35. The van der Waals surface area contributed by atoms with E-state index in [1.165, 1.54) is 10.6 Å². The summed E-state index contributed by atoms with van der Waals surface area (Å²) in [7, 11) is -1.09. The number of benzene rings is 1. The first-order valence-corrected chi connectivity index (χ1v) is 11.5. The van der Waals surface area contributed by atoms with Crippen LogP contribution >= 0.6 is 11.6 Å². The van der Waals surface area contributed by atoms with Gasteiger partial charge < -0.3 is 15.1 Å². The van der Waals surface area contributed by atoms with Crippen LogP contribution in [0.1, 0.15) is 12.8 Å². The molecule has 7 nitrogen and oxygen atoms in total. The van der Waals surface area contributed by atoms with Crippen molar-refractivity contribution in [2.75, 3.05) is 62.8 Å². The third kappa shape index (κ3) is 5.13. The van der Waals surface area contributed by atoms with Crippen LogP contribution in [-0.2, 0) is 14.8 Å². The monoisotopic (exact) mass is 414 g/mol. The molecule has 2 saturated heterocycles. The molecule has 3 rings (SSSR count). The number of likely N-dealkylation sites (N-methyl/N-ethyl adjacent to an activating group) is 1. The third-order valence-electron chi connectivity index (χ3n) is 5.35. The maximum absolute atomic E-state index is 12.8. The minimum atomic E-state index is -3.19. The lowest BCUT2D eigenvalue weighted by Crippen LogP contribution is -2.45. The fraction of sp³-hybridized carbons (Fsp3) is 0.611. The number of nitrogens with one attached hydrogen (secondary N) is 1. The molecule has 9 heteroatoms. The Morgan fingerprint density at radius 1 is 1.11 bits per heavy atom.